The third-order valence-corrected chi connectivity index (χ3v) is 2.32. The van der Waals surface area contributed by atoms with E-state index in [1.54, 1.807) is 6.07 Å². The summed E-state index contributed by atoms with van der Waals surface area (Å²) >= 11 is 0. The SMILES string of the molecule is CC(C)NCCNc1ccc([N+](=O)[O-])c(C#N)c1. The van der Waals surface area contributed by atoms with Crippen molar-refractivity contribution in [2.45, 2.75) is 19.9 Å². The zero-order valence-corrected chi connectivity index (χ0v) is 10.4. The van der Waals surface area contributed by atoms with Crippen molar-refractivity contribution >= 4 is 11.4 Å². The van der Waals surface area contributed by atoms with Crippen LogP contribution < -0.4 is 10.6 Å². The summed E-state index contributed by atoms with van der Waals surface area (Å²) in [4.78, 5) is 10.1. The average molecular weight is 248 g/mol. The molecule has 6 nitrogen and oxygen atoms in total. The molecule has 6 heteroatoms. The second kappa shape index (κ2) is 6.57. The van der Waals surface area contributed by atoms with Crippen molar-refractivity contribution < 1.29 is 4.92 Å². The average Bonchev–Trinajstić information content (AvgIpc) is 2.33. The molecule has 0 unspecified atom stereocenters. The Labute approximate surface area is 106 Å². The van der Waals surface area contributed by atoms with Crippen LogP contribution in [0.2, 0.25) is 0 Å². The first-order valence-electron chi connectivity index (χ1n) is 5.70. The molecule has 96 valence electrons. The van der Waals surface area contributed by atoms with Gasteiger partial charge in [-0.2, -0.15) is 5.26 Å². The van der Waals surface area contributed by atoms with E-state index in [9.17, 15) is 10.1 Å². The van der Waals surface area contributed by atoms with Gasteiger partial charge in [0, 0.05) is 30.9 Å². The van der Waals surface area contributed by atoms with Crippen LogP contribution in [0.5, 0.6) is 0 Å². The maximum absolute atomic E-state index is 10.7. The van der Waals surface area contributed by atoms with Crippen LogP contribution in [0.4, 0.5) is 11.4 Å². The highest BCUT2D eigenvalue weighted by atomic mass is 16.6. The molecule has 0 aliphatic carbocycles. The van der Waals surface area contributed by atoms with Gasteiger partial charge in [-0.1, -0.05) is 13.8 Å². The lowest BCUT2D eigenvalue weighted by atomic mass is 10.2. The Bertz CT molecular complexity index is 466. The van der Waals surface area contributed by atoms with Gasteiger partial charge in [0.15, 0.2) is 0 Å². The van der Waals surface area contributed by atoms with Crippen LogP contribution in [0.1, 0.15) is 19.4 Å². The van der Waals surface area contributed by atoms with Gasteiger partial charge in [-0.25, -0.2) is 0 Å². The monoisotopic (exact) mass is 248 g/mol. The summed E-state index contributed by atoms with van der Waals surface area (Å²) in [6.45, 7) is 5.59. The Morgan fingerprint density at radius 3 is 2.72 bits per heavy atom. The first-order chi connectivity index (χ1) is 8.54. The van der Waals surface area contributed by atoms with E-state index in [4.69, 9.17) is 5.26 Å². The minimum atomic E-state index is -0.553. The Balaban J connectivity index is 2.63. The highest BCUT2D eigenvalue weighted by Crippen LogP contribution is 2.21. The van der Waals surface area contributed by atoms with E-state index in [0.717, 1.165) is 6.54 Å². The quantitative estimate of drug-likeness (QED) is 0.455. The van der Waals surface area contributed by atoms with Gasteiger partial charge in [0.1, 0.15) is 11.6 Å². The lowest BCUT2D eigenvalue weighted by molar-refractivity contribution is -0.385. The summed E-state index contributed by atoms with van der Waals surface area (Å²) in [6, 6.07) is 6.69. The zero-order valence-electron chi connectivity index (χ0n) is 10.4. The van der Waals surface area contributed by atoms with Crippen LogP contribution in [-0.2, 0) is 0 Å². The number of nitro benzene ring substituents is 1. The summed E-state index contributed by atoms with van der Waals surface area (Å²) < 4.78 is 0. The molecule has 0 spiro atoms. The molecule has 2 N–H and O–H groups in total. The number of hydrogen-bond acceptors (Lipinski definition) is 5. The van der Waals surface area contributed by atoms with Crippen LogP contribution in [0.15, 0.2) is 18.2 Å². The number of benzene rings is 1. The summed E-state index contributed by atoms with van der Waals surface area (Å²) in [5, 5.41) is 25.8. The molecule has 0 aliphatic rings. The minimum Gasteiger partial charge on any atom is -0.384 e. The first-order valence-corrected chi connectivity index (χ1v) is 5.70. The Kier molecular flexibility index (Phi) is 5.08. The topological polar surface area (TPSA) is 91.0 Å². The van der Waals surface area contributed by atoms with Crippen molar-refractivity contribution in [3.63, 3.8) is 0 Å². The van der Waals surface area contributed by atoms with E-state index in [-0.39, 0.29) is 11.3 Å². The van der Waals surface area contributed by atoms with Gasteiger partial charge in [0.2, 0.25) is 0 Å². The van der Waals surface area contributed by atoms with E-state index < -0.39 is 4.92 Å². The summed E-state index contributed by atoms with van der Waals surface area (Å²) in [5.74, 6) is 0. The third kappa shape index (κ3) is 4.03. The lowest BCUT2D eigenvalue weighted by Crippen LogP contribution is -2.28. The molecule has 1 aromatic rings. The number of nitrogens with zero attached hydrogens (tertiary/aromatic N) is 2. The van der Waals surface area contributed by atoms with Gasteiger partial charge in [0.25, 0.3) is 5.69 Å². The molecule has 0 aliphatic heterocycles. The molecular formula is C12H16N4O2. The van der Waals surface area contributed by atoms with Crippen molar-refractivity contribution in [3.05, 3.63) is 33.9 Å². The Morgan fingerprint density at radius 2 is 2.17 bits per heavy atom. The summed E-state index contributed by atoms with van der Waals surface area (Å²) in [5.41, 5.74) is 0.618. The summed E-state index contributed by atoms with van der Waals surface area (Å²) in [6.07, 6.45) is 0. The molecule has 0 atom stereocenters. The Hall–Kier alpha value is -2.13. The molecule has 0 saturated heterocycles. The molecule has 1 aromatic carbocycles. The molecule has 1 rings (SSSR count). The van der Waals surface area contributed by atoms with Crippen molar-refractivity contribution in [1.29, 1.82) is 5.26 Å². The van der Waals surface area contributed by atoms with Crippen molar-refractivity contribution in [2.75, 3.05) is 18.4 Å². The van der Waals surface area contributed by atoms with E-state index in [1.807, 2.05) is 6.07 Å². The van der Waals surface area contributed by atoms with E-state index in [2.05, 4.69) is 24.5 Å². The highest BCUT2D eigenvalue weighted by Gasteiger charge is 2.13. The van der Waals surface area contributed by atoms with Gasteiger partial charge >= 0.3 is 0 Å². The molecule has 0 fully saturated rings. The first kappa shape index (κ1) is 13.9. The predicted molar refractivity (Wildman–Crippen MR) is 69.4 cm³/mol. The van der Waals surface area contributed by atoms with Crippen LogP contribution in [0, 0.1) is 21.4 Å². The second-order valence-electron chi connectivity index (χ2n) is 4.14. The third-order valence-electron chi connectivity index (χ3n) is 2.32. The molecule has 0 amide bonds. The molecule has 18 heavy (non-hydrogen) atoms. The van der Waals surface area contributed by atoms with E-state index in [0.29, 0.717) is 18.3 Å². The van der Waals surface area contributed by atoms with Gasteiger partial charge in [-0.05, 0) is 12.1 Å². The number of nitro groups is 1. The predicted octanol–water partition coefficient (Wildman–Crippen LogP) is 1.88. The van der Waals surface area contributed by atoms with E-state index in [1.165, 1.54) is 12.1 Å². The molecule has 0 saturated carbocycles. The van der Waals surface area contributed by atoms with E-state index >= 15 is 0 Å². The Morgan fingerprint density at radius 1 is 1.44 bits per heavy atom. The standard InChI is InChI=1S/C12H16N4O2/c1-9(2)14-5-6-15-11-3-4-12(16(17)18)10(7-11)8-13/h3-4,7,9,14-15H,5-6H2,1-2H3. The van der Waals surface area contributed by atoms with Gasteiger partial charge in [-0.15, -0.1) is 0 Å². The van der Waals surface area contributed by atoms with Crippen LogP contribution in [0.3, 0.4) is 0 Å². The lowest BCUT2D eigenvalue weighted by Gasteiger charge is -2.10. The number of nitriles is 1. The number of nitrogens with one attached hydrogen (secondary N) is 2. The molecule has 0 radical (unpaired) electrons. The van der Waals surface area contributed by atoms with Gasteiger partial charge in [-0.3, -0.25) is 10.1 Å². The van der Waals surface area contributed by atoms with Crippen molar-refractivity contribution in [1.82, 2.24) is 5.32 Å². The fourth-order valence-electron chi connectivity index (χ4n) is 1.46. The van der Waals surface area contributed by atoms with Gasteiger partial charge < -0.3 is 10.6 Å². The van der Waals surface area contributed by atoms with Gasteiger partial charge in [0.05, 0.1) is 4.92 Å². The summed E-state index contributed by atoms with van der Waals surface area (Å²) in [7, 11) is 0. The van der Waals surface area contributed by atoms with Crippen LogP contribution in [-0.4, -0.2) is 24.1 Å². The normalized spacial score (nSPS) is 10.1. The molecule has 0 aromatic heterocycles. The van der Waals surface area contributed by atoms with Crippen LogP contribution in [0.25, 0.3) is 0 Å². The maximum atomic E-state index is 10.7. The molecular weight excluding hydrogens is 232 g/mol. The van der Waals surface area contributed by atoms with Crippen molar-refractivity contribution in [3.8, 4) is 6.07 Å². The minimum absolute atomic E-state index is 0.0711. The second-order valence-corrected chi connectivity index (χ2v) is 4.14. The molecule has 0 bridgehead atoms. The maximum Gasteiger partial charge on any atom is 0.287 e. The fourth-order valence-corrected chi connectivity index (χ4v) is 1.46. The number of anilines is 1. The molecule has 0 heterocycles. The largest absolute Gasteiger partial charge is 0.384 e. The van der Waals surface area contributed by atoms with Crippen molar-refractivity contribution in [2.24, 2.45) is 0 Å². The number of rotatable bonds is 6. The van der Waals surface area contributed by atoms with Crippen LogP contribution >= 0.6 is 0 Å². The highest BCUT2D eigenvalue weighted by molar-refractivity contribution is 5.58. The number of hydrogen-bond donors (Lipinski definition) is 2. The smallest absolute Gasteiger partial charge is 0.287 e. The zero-order chi connectivity index (χ0) is 13.5. The fraction of sp³-hybridized carbons (Fsp3) is 0.417.